The van der Waals surface area contributed by atoms with Gasteiger partial charge in [-0.3, -0.25) is 0 Å². The van der Waals surface area contributed by atoms with Crippen LogP contribution in [-0.4, -0.2) is 24.2 Å². The first-order valence-corrected chi connectivity index (χ1v) is 11.4. The number of carboxylic acids is 1. The first-order valence-electron chi connectivity index (χ1n) is 11.4. The molecule has 32 heavy (non-hydrogen) atoms. The third-order valence-corrected chi connectivity index (χ3v) is 6.06. The van der Waals surface area contributed by atoms with Gasteiger partial charge in [0.1, 0.15) is 0 Å². The van der Waals surface area contributed by atoms with E-state index in [0.717, 1.165) is 48.9 Å². The molecule has 0 amide bonds. The highest BCUT2D eigenvalue weighted by atomic mass is 16.4. The molecule has 0 fully saturated rings. The summed E-state index contributed by atoms with van der Waals surface area (Å²) < 4.78 is 0. The number of carbonyl (C=O) groups excluding carboxylic acids is 1. The lowest BCUT2D eigenvalue weighted by molar-refractivity contribution is -0.312. The fraction of sp³-hybridized carbons (Fsp3) is 0.321. The van der Waals surface area contributed by atoms with Crippen LogP contribution in [0.4, 0.5) is 0 Å². The van der Waals surface area contributed by atoms with E-state index >= 15 is 0 Å². The van der Waals surface area contributed by atoms with Gasteiger partial charge in [-0.05, 0) is 36.1 Å². The quantitative estimate of drug-likeness (QED) is 0.402. The number of aliphatic hydroxyl groups is 1. The molecule has 3 rings (SSSR count). The second-order valence-corrected chi connectivity index (χ2v) is 8.22. The molecule has 2 N–H and O–H groups in total. The van der Waals surface area contributed by atoms with Gasteiger partial charge in [-0.25, -0.2) is 0 Å². The predicted molar refractivity (Wildman–Crippen MR) is 126 cm³/mol. The van der Waals surface area contributed by atoms with E-state index in [1.807, 2.05) is 91.0 Å². The smallest absolute Gasteiger partial charge is 0.0914 e. The summed E-state index contributed by atoms with van der Waals surface area (Å²) in [6.45, 7) is 1.35. The summed E-state index contributed by atoms with van der Waals surface area (Å²) in [5.41, 5.74) is 1.31. The maximum atomic E-state index is 12.5. The van der Waals surface area contributed by atoms with E-state index in [1.165, 1.54) is 0 Å². The Kier molecular flexibility index (Phi) is 9.02. The molecule has 1 atom stereocenters. The van der Waals surface area contributed by atoms with E-state index in [2.05, 4.69) is 5.32 Å². The van der Waals surface area contributed by atoms with Gasteiger partial charge in [-0.15, -0.1) is 0 Å². The zero-order valence-electron chi connectivity index (χ0n) is 18.5. The summed E-state index contributed by atoms with van der Waals surface area (Å²) in [6, 6.07) is 28.5. The topological polar surface area (TPSA) is 72.4 Å². The molecule has 0 aromatic heterocycles. The fourth-order valence-corrected chi connectivity index (χ4v) is 4.26. The van der Waals surface area contributed by atoms with Crippen LogP contribution in [0.25, 0.3) is 0 Å². The number of aliphatic carboxylic acids is 1. The fourth-order valence-electron chi connectivity index (χ4n) is 4.26. The van der Waals surface area contributed by atoms with Crippen LogP contribution in [-0.2, 0) is 10.2 Å². The SMILES string of the molecule is O=C([O-])C(CCCCCCNCC(O)c1ccccc1)(c1ccccc1)c1ccccc1. The molecular weight excluding hydrogens is 398 g/mol. The van der Waals surface area contributed by atoms with Crippen molar-refractivity contribution >= 4 is 5.97 Å². The van der Waals surface area contributed by atoms with Crippen LogP contribution in [0.3, 0.4) is 0 Å². The van der Waals surface area contributed by atoms with Gasteiger partial charge < -0.3 is 20.3 Å². The zero-order valence-corrected chi connectivity index (χ0v) is 18.5. The van der Waals surface area contributed by atoms with Gasteiger partial charge in [-0.2, -0.15) is 0 Å². The van der Waals surface area contributed by atoms with Crippen molar-refractivity contribution in [3.05, 3.63) is 108 Å². The molecule has 0 aliphatic heterocycles. The molecule has 3 aromatic carbocycles. The van der Waals surface area contributed by atoms with E-state index < -0.39 is 17.5 Å². The largest absolute Gasteiger partial charge is 0.549 e. The highest BCUT2D eigenvalue weighted by Gasteiger charge is 2.35. The highest BCUT2D eigenvalue weighted by molar-refractivity contribution is 5.84. The van der Waals surface area contributed by atoms with Crippen molar-refractivity contribution in [3.63, 3.8) is 0 Å². The van der Waals surface area contributed by atoms with Crippen LogP contribution in [0.5, 0.6) is 0 Å². The molecule has 0 heterocycles. The molecule has 0 aliphatic carbocycles. The minimum absolute atomic E-state index is 0.503. The number of aliphatic hydroxyl groups excluding tert-OH is 1. The van der Waals surface area contributed by atoms with E-state index in [4.69, 9.17) is 0 Å². The number of hydrogen-bond donors (Lipinski definition) is 2. The first kappa shape index (κ1) is 23.7. The Morgan fingerprint density at radius 1 is 0.781 bits per heavy atom. The van der Waals surface area contributed by atoms with Crippen molar-refractivity contribution in [1.82, 2.24) is 5.32 Å². The lowest BCUT2D eigenvalue weighted by Crippen LogP contribution is -2.46. The molecule has 0 spiro atoms. The van der Waals surface area contributed by atoms with Crippen molar-refractivity contribution in [2.75, 3.05) is 13.1 Å². The van der Waals surface area contributed by atoms with Gasteiger partial charge in [0, 0.05) is 6.54 Å². The Bertz CT molecular complexity index is 889. The van der Waals surface area contributed by atoms with Gasteiger partial charge in [0.05, 0.1) is 17.5 Å². The van der Waals surface area contributed by atoms with Gasteiger partial charge >= 0.3 is 0 Å². The minimum Gasteiger partial charge on any atom is -0.549 e. The van der Waals surface area contributed by atoms with Crippen LogP contribution < -0.4 is 10.4 Å². The van der Waals surface area contributed by atoms with E-state index in [-0.39, 0.29) is 0 Å². The van der Waals surface area contributed by atoms with Crippen molar-refractivity contribution in [2.24, 2.45) is 0 Å². The first-order chi connectivity index (χ1) is 15.6. The summed E-state index contributed by atoms with van der Waals surface area (Å²) >= 11 is 0. The molecule has 4 heteroatoms. The van der Waals surface area contributed by atoms with Crippen LogP contribution in [0.15, 0.2) is 91.0 Å². The van der Waals surface area contributed by atoms with Crippen LogP contribution in [0, 0.1) is 0 Å². The molecule has 0 aliphatic rings. The lowest BCUT2D eigenvalue weighted by Gasteiger charge is -2.36. The summed E-state index contributed by atoms with van der Waals surface area (Å²) in [7, 11) is 0. The maximum absolute atomic E-state index is 12.5. The number of nitrogens with one attached hydrogen (secondary N) is 1. The van der Waals surface area contributed by atoms with Crippen molar-refractivity contribution in [3.8, 4) is 0 Å². The normalized spacial score (nSPS) is 12.4. The van der Waals surface area contributed by atoms with Gasteiger partial charge in [0.2, 0.25) is 0 Å². The third-order valence-electron chi connectivity index (χ3n) is 6.06. The second kappa shape index (κ2) is 12.2. The minimum atomic E-state index is -1.14. The predicted octanol–water partition coefficient (Wildman–Crippen LogP) is 4.00. The Labute approximate surface area is 190 Å². The Morgan fingerprint density at radius 2 is 1.28 bits per heavy atom. The molecule has 1 unspecified atom stereocenters. The summed E-state index contributed by atoms with van der Waals surface area (Å²) in [4.78, 5) is 12.5. The van der Waals surface area contributed by atoms with Crippen LogP contribution >= 0.6 is 0 Å². The molecule has 168 valence electrons. The van der Waals surface area contributed by atoms with E-state index in [1.54, 1.807) is 0 Å². The maximum Gasteiger partial charge on any atom is 0.0914 e. The second-order valence-electron chi connectivity index (χ2n) is 8.22. The molecule has 0 saturated heterocycles. The van der Waals surface area contributed by atoms with Gasteiger partial charge in [-0.1, -0.05) is 110 Å². The lowest BCUT2D eigenvalue weighted by atomic mass is 9.71. The molecule has 0 bridgehead atoms. The van der Waals surface area contributed by atoms with Crippen LogP contribution in [0.2, 0.25) is 0 Å². The summed E-state index contributed by atoms with van der Waals surface area (Å²) in [5.74, 6) is -1.05. The van der Waals surface area contributed by atoms with Crippen molar-refractivity contribution < 1.29 is 15.0 Å². The molecule has 0 radical (unpaired) electrons. The molecule has 0 saturated carbocycles. The van der Waals surface area contributed by atoms with Crippen molar-refractivity contribution in [1.29, 1.82) is 0 Å². The Balaban J connectivity index is 1.49. The number of rotatable bonds is 13. The number of carboxylic acid groups (broad SMARTS) is 1. The Hall–Kier alpha value is -2.95. The molecule has 3 aromatic rings. The number of hydrogen-bond acceptors (Lipinski definition) is 4. The van der Waals surface area contributed by atoms with Gasteiger partial charge in [0.15, 0.2) is 0 Å². The van der Waals surface area contributed by atoms with E-state index in [0.29, 0.717) is 13.0 Å². The zero-order chi connectivity index (χ0) is 22.7. The monoisotopic (exact) mass is 430 g/mol. The average molecular weight is 431 g/mol. The molecular formula is C28H32NO3-. The molecule has 4 nitrogen and oxygen atoms in total. The standard InChI is InChI=1S/C28H33NO3/c30-26(23-14-6-3-7-15-23)22-29-21-13-2-1-12-20-28(27(31)32,24-16-8-4-9-17-24)25-18-10-5-11-19-25/h3-11,14-19,26,29-30H,1-2,12-13,20-22H2,(H,31,32)/p-1. The third kappa shape index (κ3) is 6.06. The van der Waals surface area contributed by atoms with E-state index in [9.17, 15) is 15.0 Å². The summed E-state index contributed by atoms with van der Waals surface area (Å²) in [5, 5.41) is 26.0. The Morgan fingerprint density at radius 3 is 1.81 bits per heavy atom. The van der Waals surface area contributed by atoms with Crippen LogP contribution in [0.1, 0.15) is 54.9 Å². The number of unbranched alkanes of at least 4 members (excludes halogenated alkanes) is 3. The van der Waals surface area contributed by atoms with Crippen molar-refractivity contribution in [2.45, 2.75) is 43.6 Å². The van der Waals surface area contributed by atoms with Gasteiger partial charge in [0.25, 0.3) is 0 Å². The highest BCUT2D eigenvalue weighted by Crippen LogP contribution is 2.37. The number of benzene rings is 3. The summed E-state index contributed by atoms with van der Waals surface area (Å²) in [6.07, 6.45) is 3.72. The average Bonchev–Trinajstić information content (AvgIpc) is 2.84. The number of carbonyl (C=O) groups is 1.